The topological polar surface area (TPSA) is 95.7 Å². The van der Waals surface area contributed by atoms with Gasteiger partial charge in [0.1, 0.15) is 0 Å². The van der Waals surface area contributed by atoms with Crippen molar-refractivity contribution in [3.8, 4) is 22.8 Å². The van der Waals surface area contributed by atoms with Crippen molar-refractivity contribution in [2.45, 2.75) is 6.54 Å². The first-order valence-corrected chi connectivity index (χ1v) is 9.37. The lowest BCUT2D eigenvalue weighted by Crippen LogP contribution is -2.17. The Morgan fingerprint density at radius 2 is 1.93 bits per heavy atom. The van der Waals surface area contributed by atoms with Crippen molar-refractivity contribution in [3.63, 3.8) is 0 Å². The number of imidazole rings is 1. The number of hydrogen-bond acceptors (Lipinski definition) is 5. The zero-order chi connectivity index (χ0) is 20.0. The van der Waals surface area contributed by atoms with Crippen molar-refractivity contribution in [2.75, 3.05) is 20.6 Å². The van der Waals surface area contributed by atoms with Gasteiger partial charge in [-0.1, -0.05) is 23.4 Å². The van der Waals surface area contributed by atoms with Crippen LogP contribution in [0.5, 0.6) is 0 Å². The third kappa shape index (κ3) is 3.13. The SMILES string of the molecule is CN(C)CCn1cc(-c2nc(-c3ccc4[nH]c(=O)[nH]c4c3)no2)c2ccccc21. The molecule has 0 aliphatic carbocycles. The average Bonchev–Trinajstić information content (AvgIpc) is 3.41. The molecule has 0 saturated carbocycles. The molecule has 0 spiro atoms. The maximum atomic E-state index is 11.5. The van der Waals surface area contributed by atoms with E-state index in [0.717, 1.165) is 40.6 Å². The molecule has 146 valence electrons. The molecule has 29 heavy (non-hydrogen) atoms. The second-order valence-electron chi connectivity index (χ2n) is 7.32. The molecule has 0 aliphatic heterocycles. The third-order valence-corrected chi connectivity index (χ3v) is 5.01. The van der Waals surface area contributed by atoms with Crippen LogP contribution in [-0.4, -0.2) is 50.2 Å². The van der Waals surface area contributed by atoms with Crippen LogP contribution in [0.3, 0.4) is 0 Å². The number of H-pyrrole nitrogens is 2. The maximum absolute atomic E-state index is 11.5. The second kappa shape index (κ2) is 6.75. The van der Waals surface area contributed by atoms with E-state index in [0.29, 0.717) is 17.2 Å². The molecule has 0 radical (unpaired) electrons. The molecule has 0 saturated heterocycles. The van der Waals surface area contributed by atoms with Gasteiger partial charge in [0.2, 0.25) is 5.82 Å². The molecule has 0 atom stereocenters. The molecule has 2 N–H and O–H groups in total. The molecular formula is C21H20N6O2. The smallest absolute Gasteiger partial charge is 0.323 e. The van der Waals surface area contributed by atoms with Crippen molar-refractivity contribution in [3.05, 3.63) is 59.1 Å². The molecule has 0 fully saturated rings. The number of hydrogen-bond donors (Lipinski definition) is 2. The van der Waals surface area contributed by atoms with Crippen molar-refractivity contribution >= 4 is 21.9 Å². The van der Waals surface area contributed by atoms with Crippen LogP contribution >= 0.6 is 0 Å². The molecule has 0 bridgehead atoms. The van der Waals surface area contributed by atoms with Gasteiger partial charge >= 0.3 is 5.69 Å². The molecule has 0 unspecified atom stereocenters. The average molecular weight is 388 g/mol. The standard InChI is InChI=1S/C21H20N6O2/c1-26(2)9-10-27-12-15(14-5-3-4-6-18(14)27)20-24-19(25-29-20)13-7-8-16-17(11-13)23-21(28)22-16/h3-8,11-12H,9-10H2,1-2H3,(H2,22,23,28). The summed E-state index contributed by atoms with van der Waals surface area (Å²) in [7, 11) is 4.12. The number of aromatic amines is 2. The molecule has 0 amide bonds. The summed E-state index contributed by atoms with van der Waals surface area (Å²) in [5.41, 5.74) is 4.03. The van der Waals surface area contributed by atoms with E-state index in [9.17, 15) is 4.79 Å². The summed E-state index contributed by atoms with van der Waals surface area (Å²) < 4.78 is 7.82. The summed E-state index contributed by atoms with van der Waals surface area (Å²) in [6.45, 7) is 1.80. The molecule has 3 aromatic heterocycles. The Kier molecular flexibility index (Phi) is 4.06. The van der Waals surface area contributed by atoms with Crippen LogP contribution in [0.4, 0.5) is 0 Å². The Hall–Kier alpha value is -3.65. The van der Waals surface area contributed by atoms with Crippen molar-refractivity contribution < 1.29 is 4.52 Å². The van der Waals surface area contributed by atoms with Gasteiger partial charge in [-0.25, -0.2) is 4.79 Å². The molecule has 8 nitrogen and oxygen atoms in total. The van der Waals surface area contributed by atoms with Crippen LogP contribution in [-0.2, 0) is 6.54 Å². The number of aromatic nitrogens is 5. The summed E-state index contributed by atoms with van der Waals surface area (Å²) in [6, 6.07) is 13.7. The number of fused-ring (bicyclic) bond motifs is 2. The largest absolute Gasteiger partial charge is 0.345 e. The van der Waals surface area contributed by atoms with Crippen LogP contribution in [0.15, 0.2) is 58.0 Å². The first-order valence-electron chi connectivity index (χ1n) is 9.37. The predicted molar refractivity (Wildman–Crippen MR) is 112 cm³/mol. The highest BCUT2D eigenvalue weighted by molar-refractivity contribution is 5.94. The monoisotopic (exact) mass is 388 g/mol. The van der Waals surface area contributed by atoms with Gasteiger partial charge < -0.3 is 24.0 Å². The van der Waals surface area contributed by atoms with Gasteiger partial charge in [-0.15, -0.1) is 0 Å². The molecule has 3 heterocycles. The zero-order valence-corrected chi connectivity index (χ0v) is 16.1. The first kappa shape index (κ1) is 17.4. The Balaban J connectivity index is 1.55. The summed E-state index contributed by atoms with van der Waals surface area (Å²) in [4.78, 5) is 23.7. The summed E-state index contributed by atoms with van der Waals surface area (Å²) in [5.74, 6) is 0.955. The number of rotatable bonds is 5. The van der Waals surface area contributed by atoms with E-state index in [1.807, 2.05) is 30.3 Å². The Morgan fingerprint density at radius 1 is 1.10 bits per heavy atom. The van der Waals surface area contributed by atoms with Crippen molar-refractivity contribution in [1.29, 1.82) is 0 Å². The van der Waals surface area contributed by atoms with Gasteiger partial charge in [-0.2, -0.15) is 4.98 Å². The molecule has 0 aliphatic rings. The number of nitrogens with one attached hydrogen (secondary N) is 2. The van der Waals surface area contributed by atoms with Crippen LogP contribution in [0, 0.1) is 0 Å². The van der Waals surface area contributed by atoms with Gasteiger partial charge in [0.05, 0.1) is 16.6 Å². The Bertz CT molecular complexity index is 1370. The van der Waals surface area contributed by atoms with E-state index in [1.54, 1.807) is 0 Å². The van der Waals surface area contributed by atoms with E-state index in [4.69, 9.17) is 4.52 Å². The fraction of sp³-hybridized carbons (Fsp3) is 0.190. The maximum Gasteiger partial charge on any atom is 0.323 e. The van der Waals surface area contributed by atoms with E-state index in [2.05, 4.69) is 62.0 Å². The van der Waals surface area contributed by atoms with Crippen molar-refractivity contribution in [1.82, 2.24) is 29.6 Å². The van der Waals surface area contributed by atoms with E-state index in [-0.39, 0.29) is 5.69 Å². The summed E-state index contributed by atoms with van der Waals surface area (Å²) in [6.07, 6.45) is 2.07. The van der Waals surface area contributed by atoms with Crippen molar-refractivity contribution in [2.24, 2.45) is 0 Å². The van der Waals surface area contributed by atoms with Gasteiger partial charge in [-0.3, -0.25) is 0 Å². The minimum absolute atomic E-state index is 0.239. The molecule has 5 aromatic rings. The molecular weight excluding hydrogens is 368 g/mol. The van der Waals surface area contributed by atoms with E-state index < -0.39 is 0 Å². The quantitative estimate of drug-likeness (QED) is 0.482. The highest BCUT2D eigenvalue weighted by Gasteiger charge is 2.17. The minimum Gasteiger partial charge on any atom is -0.345 e. The van der Waals surface area contributed by atoms with Crippen LogP contribution in [0.25, 0.3) is 44.8 Å². The lowest BCUT2D eigenvalue weighted by atomic mass is 10.1. The van der Waals surface area contributed by atoms with Gasteiger partial charge in [-0.05, 0) is 38.4 Å². The highest BCUT2D eigenvalue weighted by Crippen LogP contribution is 2.31. The van der Waals surface area contributed by atoms with Gasteiger partial charge in [0, 0.05) is 35.8 Å². The fourth-order valence-corrected chi connectivity index (χ4v) is 3.53. The molecule has 8 heteroatoms. The number of likely N-dealkylation sites (N-methyl/N-ethyl adjacent to an activating group) is 1. The lowest BCUT2D eigenvalue weighted by Gasteiger charge is -2.10. The van der Waals surface area contributed by atoms with E-state index >= 15 is 0 Å². The van der Waals surface area contributed by atoms with Crippen LogP contribution in [0.1, 0.15) is 0 Å². The number of benzene rings is 2. The number of para-hydroxylation sites is 1. The van der Waals surface area contributed by atoms with Crippen LogP contribution in [0.2, 0.25) is 0 Å². The zero-order valence-electron chi connectivity index (χ0n) is 16.1. The fourth-order valence-electron chi connectivity index (χ4n) is 3.53. The second-order valence-corrected chi connectivity index (χ2v) is 7.32. The third-order valence-electron chi connectivity index (χ3n) is 5.01. The normalized spacial score (nSPS) is 11.8. The predicted octanol–water partition coefficient (Wildman–Crippen LogP) is 3.09. The summed E-state index contributed by atoms with van der Waals surface area (Å²) in [5, 5.41) is 5.24. The van der Waals surface area contributed by atoms with Crippen LogP contribution < -0.4 is 5.69 Å². The first-order chi connectivity index (χ1) is 14.1. The lowest BCUT2D eigenvalue weighted by molar-refractivity contribution is 0.387. The van der Waals surface area contributed by atoms with Gasteiger partial charge in [0.25, 0.3) is 5.89 Å². The Labute approximate surface area is 165 Å². The van der Waals surface area contributed by atoms with E-state index in [1.165, 1.54) is 0 Å². The Morgan fingerprint density at radius 3 is 2.79 bits per heavy atom. The number of nitrogens with zero attached hydrogens (tertiary/aromatic N) is 4. The highest BCUT2D eigenvalue weighted by atomic mass is 16.5. The minimum atomic E-state index is -0.239. The molecule has 2 aromatic carbocycles. The summed E-state index contributed by atoms with van der Waals surface area (Å²) >= 11 is 0. The molecule has 5 rings (SSSR count). The van der Waals surface area contributed by atoms with Gasteiger partial charge in [0.15, 0.2) is 0 Å².